The monoisotopic (exact) mass is 325 g/mol. The second-order valence-electron chi connectivity index (χ2n) is 5.17. The zero-order valence-electron chi connectivity index (χ0n) is 13.3. The number of nitrogens with zero attached hydrogens (tertiary/aromatic N) is 2. The summed E-state index contributed by atoms with van der Waals surface area (Å²) >= 11 is 1.30. The predicted molar refractivity (Wildman–Crippen MR) is 93.5 cm³/mol. The lowest BCUT2D eigenvalue weighted by Gasteiger charge is -2.09. The van der Waals surface area contributed by atoms with Gasteiger partial charge >= 0.3 is 0 Å². The summed E-state index contributed by atoms with van der Waals surface area (Å²) in [7, 11) is 0. The second kappa shape index (κ2) is 8.35. The van der Waals surface area contributed by atoms with Gasteiger partial charge in [-0.2, -0.15) is 5.26 Å². The van der Waals surface area contributed by atoms with E-state index in [0.29, 0.717) is 10.6 Å². The molecule has 1 amide bonds. The van der Waals surface area contributed by atoms with Gasteiger partial charge in [-0.15, -0.1) is 0 Å². The van der Waals surface area contributed by atoms with E-state index < -0.39 is 0 Å². The van der Waals surface area contributed by atoms with Gasteiger partial charge in [-0.25, -0.2) is 4.98 Å². The van der Waals surface area contributed by atoms with Crippen LogP contribution in [0.15, 0.2) is 41.4 Å². The van der Waals surface area contributed by atoms with E-state index in [4.69, 9.17) is 0 Å². The Morgan fingerprint density at radius 1 is 1.30 bits per heavy atom. The minimum atomic E-state index is -0.101. The number of rotatable bonds is 6. The summed E-state index contributed by atoms with van der Waals surface area (Å²) in [6.45, 7) is 4.04. The van der Waals surface area contributed by atoms with Crippen molar-refractivity contribution >= 4 is 23.4 Å². The van der Waals surface area contributed by atoms with E-state index in [-0.39, 0.29) is 11.7 Å². The number of aromatic nitrogens is 1. The predicted octanol–water partition coefficient (Wildman–Crippen LogP) is 3.95. The summed E-state index contributed by atoms with van der Waals surface area (Å²) in [4.78, 5) is 16.6. The number of carbonyl (C=O) groups excluding carboxylic acids is 1. The lowest BCUT2D eigenvalue weighted by Crippen LogP contribution is -2.15. The number of pyridine rings is 1. The van der Waals surface area contributed by atoms with Gasteiger partial charge in [-0.1, -0.05) is 43.3 Å². The largest absolute Gasteiger partial charge is 0.325 e. The molecule has 118 valence electrons. The van der Waals surface area contributed by atoms with Crippen LogP contribution in [0.25, 0.3) is 0 Å². The van der Waals surface area contributed by atoms with Crippen molar-refractivity contribution in [3.8, 4) is 6.07 Å². The van der Waals surface area contributed by atoms with E-state index in [9.17, 15) is 10.1 Å². The zero-order chi connectivity index (χ0) is 16.7. The van der Waals surface area contributed by atoms with Gasteiger partial charge in [0.15, 0.2) is 0 Å². The van der Waals surface area contributed by atoms with Gasteiger partial charge < -0.3 is 5.32 Å². The highest BCUT2D eigenvalue weighted by Crippen LogP contribution is 2.22. The molecule has 0 atom stereocenters. The number of anilines is 1. The average molecular weight is 325 g/mol. The molecule has 0 saturated heterocycles. The van der Waals surface area contributed by atoms with E-state index in [0.717, 1.165) is 29.8 Å². The summed E-state index contributed by atoms with van der Waals surface area (Å²) in [5.41, 5.74) is 3.30. The minimum absolute atomic E-state index is 0.101. The molecule has 1 heterocycles. The highest BCUT2D eigenvalue weighted by molar-refractivity contribution is 8.00. The van der Waals surface area contributed by atoms with Crippen LogP contribution < -0.4 is 5.32 Å². The standard InChI is InChI=1S/C18H19N3OS/c1-3-6-15-10-9-14(11-19)18(20-15)23-12-17(22)21-16-8-5-4-7-13(16)2/h4-5,7-10H,3,6,12H2,1-2H3,(H,21,22). The van der Waals surface area contributed by atoms with Crippen LogP contribution in [0, 0.1) is 18.3 Å². The van der Waals surface area contributed by atoms with Crippen LogP contribution in [0.3, 0.4) is 0 Å². The number of carbonyl (C=O) groups is 1. The molecule has 0 saturated carbocycles. The molecule has 0 radical (unpaired) electrons. The number of hydrogen-bond donors (Lipinski definition) is 1. The van der Waals surface area contributed by atoms with Crippen LogP contribution in [0.1, 0.15) is 30.2 Å². The molecule has 0 fully saturated rings. The van der Waals surface area contributed by atoms with Crippen LogP contribution in [0.2, 0.25) is 0 Å². The molecule has 0 bridgehead atoms. The average Bonchev–Trinajstić information content (AvgIpc) is 2.55. The fraction of sp³-hybridized carbons (Fsp3) is 0.278. The first-order valence-electron chi connectivity index (χ1n) is 7.52. The highest BCUT2D eigenvalue weighted by Gasteiger charge is 2.10. The molecule has 0 aliphatic heterocycles. The van der Waals surface area contributed by atoms with Gasteiger partial charge in [0.05, 0.1) is 11.3 Å². The molecule has 0 aliphatic carbocycles. The van der Waals surface area contributed by atoms with Crippen LogP contribution in [-0.4, -0.2) is 16.6 Å². The zero-order valence-corrected chi connectivity index (χ0v) is 14.1. The van der Waals surface area contributed by atoms with Crippen molar-refractivity contribution in [1.29, 1.82) is 5.26 Å². The summed E-state index contributed by atoms with van der Waals surface area (Å²) in [6, 6.07) is 13.4. The Labute approximate surface area is 140 Å². The van der Waals surface area contributed by atoms with Gasteiger partial charge in [0, 0.05) is 11.4 Å². The number of aryl methyl sites for hydroxylation is 2. The van der Waals surface area contributed by atoms with Gasteiger partial charge in [0.25, 0.3) is 0 Å². The SMILES string of the molecule is CCCc1ccc(C#N)c(SCC(=O)Nc2ccccc2C)n1. The minimum Gasteiger partial charge on any atom is -0.325 e. The first kappa shape index (κ1) is 17.0. The van der Waals surface area contributed by atoms with Crippen molar-refractivity contribution in [3.63, 3.8) is 0 Å². The molecule has 0 aliphatic rings. The van der Waals surface area contributed by atoms with E-state index in [1.807, 2.05) is 37.3 Å². The van der Waals surface area contributed by atoms with Crippen LogP contribution in [0.4, 0.5) is 5.69 Å². The number of benzene rings is 1. The summed E-state index contributed by atoms with van der Waals surface area (Å²) < 4.78 is 0. The molecule has 23 heavy (non-hydrogen) atoms. The van der Waals surface area contributed by atoms with Crippen LogP contribution >= 0.6 is 11.8 Å². The van der Waals surface area contributed by atoms with Gasteiger partial charge in [-0.3, -0.25) is 4.79 Å². The van der Waals surface area contributed by atoms with Gasteiger partial charge in [0.1, 0.15) is 11.1 Å². The Hall–Kier alpha value is -2.32. The lowest BCUT2D eigenvalue weighted by atomic mass is 10.2. The van der Waals surface area contributed by atoms with Gasteiger partial charge in [-0.05, 0) is 37.1 Å². The van der Waals surface area contributed by atoms with Crippen LogP contribution in [-0.2, 0) is 11.2 Å². The van der Waals surface area contributed by atoms with E-state index in [2.05, 4.69) is 23.3 Å². The number of amides is 1. The Kier molecular flexibility index (Phi) is 6.19. The molecule has 2 rings (SSSR count). The molecular formula is C18H19N3OS. The molecule has 1 N–H and O–H groups in total. The topological polar surface area (TPSA) is 65.8 Å². The molecule has 4 nitrogen and oxygen atoms in total. The van der Waals surface area contributed by atoms with Crippen molar-refractivity contribution in [3.05, 3.63) is 53.2 Å². The molecular weight excluding hydrogens is 306 g/mol. The number of nitrogens with one attached hydrogen (secondary N) is 1. The Bertz CT molecular complexity index is 737. The van der Waals surface area contributed by atoms with Crippen molar-refractivity contribution < 1.29 is 4.79 Å². The van der Waals surface area contributed by atoms with Crippen molar-refractivity contribution in [2.45, 2.75) is 31.7 Å². The maximum atomic E-state index is 12.1. The molecule has 5 heteroatoms. The summed E-state index contributed by atoms with van der Waals surface area (Å²) in [5, 5.41) is 12.7. The van der Waals surface area contributed by atoms with Crippen molar-refractivity contribution in [2.24, 2.45) is 0 Å². The molecule has 2 aromatic rings. The number of thioether (sulfide) groups is 1. The number of hydrogen-bond acceptors (Lipinski definition) is 4. The molecule has 0 unspecified atom stereocenters. The number of para-hydroxylation sites is 1. The normalized spacial score (nSPS) is 10.1. The highest BCUT2D eigenvalue weighted by atomic mass is 32.2. The third-order valence-corrected chi connectivity index (χ3v) is 4.29. The molecule has 0 spiro atoms. The van der Waals surface area contributed by atoms with Gasteiger partial charge in [0.2, 0.25) is 5.91 Å². The second-order valence-corrected chi connectivity index (χ2v) is 6.13. The number of nitriles is 1. The third kappa shape index (κ3) is 4.83. The van der Waals surface area contributed by atoms with Crippen molar-refractivity contribution in [1.82, 2.24) is 4.98 Å². The van der Waals surface area contributed by atoms with E-state index in [1.54, 1.807) is 6.07 Å². The lowest BCUT2D eigenvalue weighted by molar-refractivity contribution is -0.113. The Balaban J connectivity index is 2.02. The first-order chi connectivity index (χ1) is 11.1. The van der Waals surface area contributed by atoms with E-state index in [1.165, 1.54) is 11.8 Å². The van der Waals surface area contributed by atoms with Crippen molar-refractivity contribution in [2.75, 3.05) is 11.1 Å². The van der Waals surface area contributed by atoms with E-state index >= 15 is 0 Å². The Morgan fingerprint density at radius 2 is 2.09 bits per heavy atom. The quantitative estimate of drug-likeness (QED) is 0.817. The molecule has 1 aromatic heterocycles. The smallest absolute Gasteiger partial charge is 0.234 e. The van der Waals surface area contributed by atoms with Crippen LogP contribution in [0.5, 0.6) is 0 Å². The maximum absolute atomic E-state index is 12.1. The summed E-state index contributed by atoms with van der Waals surface area (Å²) in [5.74, 6) is 0.127. The first-order valence-corrected chi connectivity index (χ1v) is 8.51. The fourth-order valence-electron chi connectivity index (χ4n) is 2.10. The molecule has 1 aromatic carbocycles. The third-order valence-electron chi connectivity index (χ3n) is 3.30. The Morgan fingerprint density at radius 3 is 2.78 bits per heavy atom. The maximum Gasteiger partial charge on any atom is 0.234 e. The fourth-order valence-corrected chi connectivity index (χ4v) is 2.89. The summed E-state index contributed by atoms with van der Waals surface area (Å²) in [6.07, 6.45) is 1.87.